The molecule has 0 rings (SSSR count). The van der Waals surface area contributed by atoms with Gasteiger partial charge in [-0.2, -0.15) is 0 Å². The van der Waals surface area contributed by atoms with Crippen LogP contribution in [0.25, 0.3) is 0 Å². The number of hydrogen-bond donors (Lipinski definition) is 4. The Morgan fingerprint density at radius 2 is 2.00 bits per heavy atom. The fourth-order valence-electron chi connectivity index (χ4n) is 0.0752. The number of nitrogens with two attached hydrogens (primary N) is 1. The van der Waals surface area contributed by atoms with Crippen LogP contribution in [0, 0.1) is 0 Å². The van der Waals surface area contributed by atoms with Crippen molar-refractivity contribution in [2.45, 2.75) is 5.52 Å². The Bertz CT molecular complexity index is 109. The first-order chi connectivity index (χ1) is 3.48. The zero-order valence-electron chi connectivity index (χ0n) is 3.85. The Hall–Kier alpha value is 0.500. The monoisotopic (exact) mass is 159 g/mol. The molecule has 0 saturated heterocycles. The molecule has 0 saturated carbocycles. The van der Waals surface area contributed by atoms with Gasteiger partial charge in [0, 0.05) is 8.81 Å². The van der Waals surface area contributed by atoms with E-state index in [1.807, 2.05) is 0 Å². The Labute approximate surface area is 47.9 Å². The highest BCUT2D eigenvalue weighted by Crippen LogP contribution is 2.44. The summed E-state index contributed by atoms with van der Waals surface area (Å²) >= 11 is 0. The molecule has 0 aliphatic carbocycles. The van der Waals surface area contributed by atoms with Crippen molar-refractivity contribution in [3.05, 3.63) is 0 Å². The minimum Gasteiger partial charge on any atom is -0.375 e. The third kappa shape index (κ3) is 2.72. The van der Waals surface area contributed by atoms with Crippen molar-refractivity contribution in [2.24, 2.45) is 5.73 Å². The first kappa shape index (κ1) is 8.50. The molecule has 2 unspecified atom stereocenters. The van der Waals surface area contributed by atoms with E-state index in [0.29, 0.717) is 0 Å². The molecule has 0 aromatic heterocycles. The van der Waals surface area contributed by atoms with Gasteiger partial charge < -0.3 is 20.4 Å². The fraction of sp³-hybridized carbons (Fsp3) is 1.00. The van der Waals surface area contributed by atoms with Gasteiger partial charge in [0.15, 0.2) is 0 Å². The highest BCUT2D eigenvalue weighted by molar-refractivity contribution is 7.63. The van der Waals surface area contributed by atoms with Gasteiger partial charge in [-0.25, -0.2) is 0 Å². The van der Waals surface area contributed by atoms with Crippen molar-refractivity contribution in [1.82, 2.24) is 0 Å². The summed E-state index contributed by atoms with van der Waals surface area (Å²) in [4.78, 5) is 24.3. The van der Waals surface area contributed by atoms with Crippen molar-refractivity contribution in [3.63, 3.8) is 0 Å². The lowest BCUT2D eigenvalue weighted by Gasteiger charge is -2.07. The summed E-state index contributed by atoms with van der Waals surface area (Å²) < 4.78 is 9.98. The van der Waals surface area contributed by atoms with Crippen LogP contribution in [-0.4, -0.2) is 20.2 Å². The predicted molar refractivity (Wildman–Crippen MR) is 30.6 cm³/mol. The lowest BCUT2D eigenvalue weighted by atomic mass is 11.5. The van der Waals surface area contributed by atoms with Gasteiger partial charge in [-0.3, -0.25) is 4.57 Å². The Morgan fingerprint density at radius 1 is 1.62 bits per heavy atom. The van der Waals surface area contributed by atoms with Gasteiger partial charge in [0.05, 0.1) is 0 Å². The molecule has 0 aliphatic rings. The molecule has 5 nitrogen and oxygen atoms in total. The molecule has 5 N–H and O–H groups in total. The first-order valence-corrected chi connectivity index (χ1v) is 4.39. The summed E-state index contributed by atoms with van der Waals surface area (Å²) in [6, 6.07) is 0. The average Bonchev–Trinajstić information content (AvgIpc) is 1.62. The zero-order valence-corrected chi connectivity index (χ0v) is 5.75. The average molecular weight is 159 g/mol. The van der Waals surface area contributed by atoms with E-state index in [0.717, 1.165) is 0 Å². The van der Waals surface area contributed by atoms with Gasteiger partial charge in [-0.1, -0.05) is 0 Å². The summed E-state index contributed by atoms with van der Waals surface area (Å²) in [5.74, 6) is 0. The van der Waals surface area contributed by atoms with Gasteiger partial charge in [0.25, 0.3) is 0 Å². The second-order valence-electron chi connectivity index (χ2n) is 1.16. The molecule has 0 aromatic rings. The highest BCUT2D eigenvalue weighted by Gasteiger charge is 2.23. The minimum atomic E-state index is -4.22. The van der Waals surface area contributed by atoms with Gasteiger partial charge >= 0.3 is 7.60 Å². The molecule has 0 spiro atoms. The number of hydrogen-bond acceptors (Lipinski definition) is 3. The Morgan fingerprint density at radius 3 is 2.00 bits per heavy atom. The van der Waals surface area contributed by atoms with E-state index in [-0.39, 0.29) is 0 Å². The lowest BCUT2D eigenvalue weighted by Crippen LogP contribution is -2.12. The van der Waals surface area contributed by atoms with Crippen LogP contribution in [-0.2, 0) is 4.57 Å². The largest absolute Gasteiger partial charge is 0.375 e. The fourth-order valence-corrected chi connectivity index (χ4v) is 0.677. The maximum atomic E-state index is 9.98. The maximum absolute atomic E-state index is 9.98. The normalized spacial score (nSPS) is 17.5. The van der Waals surface area contributed by atoms with E-state index in [4.69, 9.17) is 20.4 Å². The van der Waals surface area contributed by atoms with Gasteiger partial charge in [-0.05, 0) is 0 Å². The molecule has 0 fully saturated rings. The Balaban J connectivity index is 3.82. The molecule has 0 aliphatic heterocycles. The highest BCUT2D eigenvalue weighted by atomic mass is 31.2. The van der Waals surface area contributed by atoms with Crippen molar-refractivity contribution < 1.29 is 19.2 Å². The molecular formula is CH7NO4P2. The zero-order chi connectivity index (χ0) is 6.78. The standard InChI is InChI=1S/CH7NO4P2/c2-1(7-3)8(4,5)6/h1,3,7H,2H2,(H2,4,5,6). The van der Waals surface area contributed by atoms with Crippen LogP contribution in [0.3, 0.4) is 0 Å². The first-order valence-electron chi connectivity index (χ1n) is 1.69. The van der Waals surface area contributed by atoms with Crippen LogP contribution in [0.5, 0.6) is 0 Å². The second kappa shape index (κ2) is 2.87. The van der Waals surface area contributed by atoms with E-state index in [9.17, 15) is 4.57 Å². The van der Waals surface area contributed by atoms with E-state index >= 15 is 0 Å². The van der Waals surface area contributed by atoms with Crippen molar-refractivity contribution in [2.75, 3.05) is 0 Å². The van der Waals surface area contributed by atoms with Crippen LogP contribution >= 0.6 is 16.4 Å². The van der Waals surface area contributed by atoms with E-state index in [2.05, 4.69) is 0 Å². The summed E-state index contributed by atoms with van der Waals surface area (Å²) in [7, 11) is -5.12. The van der Waals surface area contributed by atoms with Gasteiger partial charge in [0.1, 0.15) is 5.52 Å². The molecule has 50 valence electrons. The summed E-state index contributed by atoms with van der Waals surface area (Å²) in [6.45, 7) is 0. The summed E-state index contributed by atoms with van der Waals surface area (Å²) in [5.41, 5.74) is 3.35. The van der Waals surface area contributed by atoms with Crippen molar-refractivity contribution >= 4 is 16.4 Å². The molecule has 0 aromatic carbocycles. The minimum absolute atomic E-state index is 0.902. The summed E-state index contributed by atoms with van der Waals surface area (Å²) in [6.07, 6.45) is 0. The van der Waals surface area contributed by atoms with Crippen molar-refractivity contribution in [3.8, 4) is 0 Å². The molecular weight excluding hydrogens is 152 g/mol. The van der Waals surface area contributed by atoms with Crippen LogP contribution in [0.1, 0.15) is 0 Å². The molecule has 0 heterocycles. The van der Waals surface area contributed by atoms with Crippen LogP contribution < -0.4 is 5.73 Å². The van der Waals surface area contributed by atoms with E-state index < -0.39 is 21.9 Å². The molecule has 0 amide bonds. The lowest BCUT2D eigenvalue weighted by molar-refractivity contribution is 0.368. The Kier molecular flexibility index (Phi) is 3.05. The number of rotatable bonds is 2. The summed E-state index contributed by atoms with van der Waals surface area (Å²) in [5, 5.41) is 0. The third-order valence-electron chi connectivity index (χ3n) is 0.495. The molecule has 7 heteroatoms. The second-order valence-corrected chi connectivity index (χ2v) is 4.26. The van der Waals surface area contributed by atoms with Gasteiger partial charge in [0.2, 0.25) is 0 Å². The van der Waals surface area contributed by atoms with Crippen LogP contribution in [0.4, 0.5) is 0 Å². The van der Waals surface area contributed by atoms with Gasteiger partial charge in [-0.15, -0.1) is 0 Å². The van der Waals surface area contributed by atoms with Crippen molar-refractivity contribution in [1.29, 1.82) is 0 Å². The maximum Gasteiger partial charge on any atom is 0.348 e. The van der Waals surface area contributed by atoms with E-state index in [1.54, 1.807) is 0 Å². The molecule has 8 heavy (non-hydrogen) atoms. The quantitative estimate of drug-likeness (QED) is 0.386. The smallest absolute Gasteiger partial charge is 0.348 e. The SMILES string of the molecule is NC(PO)P(=O)(O)O. The molecule has 0 radical (unpaired) electrons. The van der Waals surface area contributed by atoms with Crippen LogP contribution in [0.15, 0.2) is 0 Å². The topological polar surface area (TPSA) is 104 Å². The molecule has 2 atom stereocenters. The van der Waals surface area contributed by atoms with Crippen LogP contribution in [0.2, 0.25) is 0 Å². The third-order valence-corrected chi connectivity index (χ3v) is 2.84. The van der Waals surface area contributed by atoms with E-state index in [1.165, 1.54) is 0 Å². The molecule has 0 bridgehead atoms. The predicted octanol–water partition coefficient (Wildman–Crippen LogP) is -1.01.